The zero-order chi connectivity index (χ0) is 26.7. The number of aromatic nitrogens is 2. The number of hydrogen-bond donors (Lipinski definition) is 8. The molecule has 0 aromatic carbocycles. The molecule has 15 heteroatoms. The molecular weight excluding hydrogens is 464 g/mol. The molecule has 0 aliphatic heterocycles. The highest BCUT2D eigenvalue weighted by Gasteiger charge is 2.31. The van der Waals surface area contributed by atoms with E-state index in [1.165, 1.54) is 12.5 Å². The van der Waals surface area contributed by atoms with Crippen LogP contribution in [0.5, 0.6) is 0 Å². The molecule has 1 rings (SSSR count). The van der Waals surface area contributed by atoms with E-state index in [1.54, 1.807) is 13.8 Å². The summed E-state index contributed by atoms with van der Waals surface area (Å²) in [6, 6.07) is -5.18. The highest BCUT2D eigenvalue weighted by Crippen LogP contribution is 2.06. The maximum Gasteiger partial charge on any atom is 0.326 e. The van der Waals surface area contributed by atoms with E-state index < -0.39 is 66.1 Å². The van der Waals surface area contributed by atoms with Crippen molar-refractivity contribution in [2.45, 2.75) is 63.7 Å². The second-order valence-electron chi connectivity index (χ2n) is 8.25. The van der Waals surface area contributed by atoms with Crippen molar-refractivity contribution in [3.05, 3.63) is 18.2 Å². The Bertz CT molecular complexity index is 919. The molecule has 0 aliphatic rings. The van der Waals surface area contributed by atoms with Gasteiger partial charge in [0.15, 0.2) is 0 Å². The number of carbonyl (C=O) groups excluding carboxylic acids is 5. The number of amides is 5. The summed E-state index contributed by atoms with van der Waals surface area (Å²) < 4.78 is 0. The van der Waals surface area contributed by atoms with Crippen molar-refractivity contribution in [3.63, 3.8) is 0 Å². The molecule has 0 radical (unpaired) electrons. The van der Waals surface area contributed by atoms with Crippen LogP contribution in [-0.2, 0) is 35.2 Å². The minimum atomic E-state index is -1.66. The second kappa shape index (κ2) is 13.6. The third-order valence-corrected chi connectivity index (χ3v) is 4.97. The molecule has 1 aromatic heterocycles. The normalized spacial score (nSPS) is 14.3. The minimum absolute atomic E-state index is 0.0357. The van der Waals surface area contributed by atoms with Crippen LogP contribution in [0.4, 0.5) is 0 Å². The molecule has 0 saturated heterocycles. The van der Waals surface area contributed by atoms with E-state index >= 15 is 0 Å². The number of nitrogens with two attached hydrogens (primary N) is 3. The summed E-state index contributed by atoms with van der Waals surface area (Å²) in [5.74, 6) is -5.89. The predicted molar refractivity (Wildman–Crippen MR) is 121 cm³/mol. The van der Waals surface area contributed by atoms with Crippen LogP contribution < -0.4 is 33.2 Å². The molecule has 0 saturated carbocycles. The summed E-state index contributed by atoms with van der Waals surface area (Å²) in [5.41, 5.74) is 16.5. The minimum Gasteiger partial charge on any atom is -0.480 e. The second-order valence-corrected chi connectivity index (χ2v) is 8.25. The summed E-state index contributed by atoms with van der Waals surface area (Å²) in [4.78, 5) is 78.7. The van der Waals surface area contributed by atoms with Crippen molar-refractivity contribution >= 4 is 35.5 Å². The van der Waals surface area contributed by atoms with Crippen LogP contribution in [-0.4, -0.2) is 74.7 Å². The number of carboxylic acid groups (broad SMARTS) is 1. The Kier molecular flexibility index (Phi) is 11.3. The van der Waals surface area contributed by atoms with Gasteiger partial charge in [-0.05, 0) is 12.3 Å². The standard InChI is InChI=1S/C20H32N8O7/c1-9(2)16(23)19(33)27-12(5-10-7-24-8-25-10)18(32)26-11(3-4-14(21)29)17(31)28-13(20(34)35)6-15(22)30/h7-9,11-13,16H,3-6,23H2,1-2H3,(H2,21,29)(H2,22,30)(H,24,25)(H,26,32)(H,27,33)(H,28,31)(H,34,35). The van der Waals surface area contributed by atoms with Crippen LogP contribution >= 0.6 is 0 Å². The quantitative estimate of drug-likeness (QED) is 0.120. The van der Waals surface area contributed by atoms with Gasteiger partial charge in [-0.3, -0.25) is 24.0 Å². The third-order valence-electron chi connectivity index (χ3n) is 4.97. The van der Waals surface area contributed by atoms with Gasteiger partial charge in [-0.1, -0.05) is 13.8 Å². The molecule has 1 aromatic rings. The lowest BCUT2D eigenvalue weighted by atomic mass is 10.0. The van der Waals surface area contributed by atoms with Gasteiger partial charge in [-0.15, -0.1) is 0 Å². The number of rotatable bonds is 15. The first-order valence-corrected chi connectivity index (χ1v) is 10.7. The molecule has 1 heterocycles. The van der Waals surface area contributed by atoms with Gasteiger partial charge in [0.1, 0.15) is 18.1 Å². The maximum atomic E-state index is 13.1. The molecule has 0 bridgehead atoms. The van der Waals surface area contributed by atoms with Gasteiger partial charge in [-0.25, -0.2) is 9.78 Å². The van der Waals surface area contributed by atoms with Crippen LogP contribution in [0, 0.1) is 5.92 Å². The molecule has 0 aliphatic carbocycles. The molecule has 35 heavy (non-hydrogen) atoms. The topological polar surface area (TPSA) is 265 Å². The molecule has 0 spiro atoms. The SMILES string of the molecule is CC(C)C(N)C(=O)NC(Cc1cnc[nH]1)C(=O)NC(CCC(N)=O)C(=O)NC(CC(N)=O)C(=O)O. The predicted octanol–water partition coefficient (Wildman–Crippen LogP) is -3.38. The van der Waals surface area contributed by atoms with Crippen LogP contribution in [0.1, 0.15) is 38.8 Å². The summed E-state index contributed by atoms with van der Waals surface area (Å²) in [6.07, 6.45) is 1.50. The molecule has 4 unspecified atom stereocenters. The Morgan fingerprint density at radius 3 is 2.00 bits per heavy atom. The van der Waals surface area contributed by atoms with Crippen molar-refractivity contribution in [2.75, 3.05) is 0 Å². The van der Waals surface area contributed by atoms with Crippen molar-refractivity contribution in [2.24, 2.45) is 23.1 Å². The van der Waals surface area contributed by atoms with E-state index in [0.717, 1.165) is 0 Å². The van der Waals surface area contributed by atoms with Gasteiger partial charge in [0.2, 0.25) is 29.5 Å². The Hall–Kier alpha value is -4.01. The summed E-state index contributed by atoms with van der Waals surface area (Å²) in [6.45, 7) is 3.45. The lowest BCUT2D eigenvalue weighted by molar-refractivity contribution is -0.144. The molecular formula is C20H32N8O7. The van der Waals surface area contributed by atoms with Crippen molar-refractivity contribution in [3.8, 4) is 0 Å². The highest BCUT2D eigenvalue weighted by atomic mass is 16.4. The first-order valence-electron chi connectivity index (χ1n) is 10.7. The van der Waals surface area contributed by atoms with Crippen LogP contribution in [0.25, 0.3) is 0 Å². The zero-order valence-corrected chi connectivity index (χ0v) is 19.4. The van der Waals surface area contributed by atoms with Gasteiger partial charge >= 0.3 is 5.97 Å². The lowest BCUT2D eigenvalue weighted by Crippen LogP contribution is -2.58. The number of aliphatic carboxylic acids is 1. The summed E-state index contributed by atoms with van der Waals surface area (Å²) in [7, 11) is 0. The Balaban J connectivity index is 3.09. The lowest BCUT2D eigenvalue weighted by Gasteiger charge is -2.25. The Labute approximate surface area is 200 Å². The van der Waals surface area contributed by atoms with E-state index in [4.69, 9.17) is 17.2 Å². The molecule has 0 fully saturated rings. The highest BCUT2D eigenvalue weighted by molar-refractivity contribution is 5.95. The van der Waals surface area contributed by atoms with Crippen LogP contribution in [0.2, 0.25) is 0 Å². The van der Waals surface area contributed by atoms with Crippen molar-refractivity contribution in [1.29, 1.82) is 0 Å². The number of aromatic amines is 1. The Morgan fingerprint density at radius 2 is 1.51 bits per heavy atom. The molecule has 194 valence electrons. The first kappa shape index (κ1) is 29.0. The number of hydrogen-bond acceptors (Lipinski definition) is 8. The fourth-order valence-corrected chi connectivity index (χ4v) is 2.90. The van der Waals surface area contributed by atoms with Crippen LogP contribution in [0.3, 0.4) is 0 Å². The number of H-pyrrole nitrogens is 1. The van der Waals surface area contributed by atoms with Gasteiger partial charge in [-0.2, -0.15) is 0 Å². The van der Waals surface area contributed by atoms with E-state index in [2.05, 4.69) is 25.9 Å². The van der Waals surface area contributed by atoms with Gasteiger partial charge < -0.3 is 43.2 Å². The Morgan fingerprint density at radius 1 is 0.943 bits per heavy atom. The maximum absolute atomic E-state index is 13.1. The first-order chi connectivity index (χ1) is 16.3. The molecule has 4 atom stereocenters. The fraction of sp³-hybridized carbons (Fsp3) is 0.550. The van der Waals surface area contributed by atoms with Gasteiger partial charge in [0.25, 0.3) is 0 Å². The van der Waals surface area contributed by atoms with Gasteiger partial charge in [0, 0.05) is 24.7 Å². The number of nitrogens with zero attached hydrogens (tertiary/aromatic N) is 1. The summed E-state index contributed by atoms with van der Waals surface area (Å²) in [5, 5.41) is 16.3. The molecule has 15 nitrogen and oxygen atoms in total. The van der Waals surface area contributed by atoms with Crippen molar-refractivity contribution in [1.82, 2.24) is 25.9 Å². The molecule has 11 N–H and O–H groups in total. The van der Waals surface area contributed by atoms with E-state index in [0.29, 0.717) is 5.69 Å². The van der Waals surface area contributed by atoms with E-state index in [9.17, 15) is 33.9 Å². The van der Waals surface area contributed by atoms with E-state index in [1.807, 2.05) is 0 Å². The number of carboxylic acids is 1. The average molecular weight is 497 g/mol. The number of imidazole rings is 1. The van der Waals surface area contributed by atoms with Crippen LogP contribution in [0.15, 0.2) is 12.5 Å². The largest absolute Gasteiger partial charge is 0.480 e. The number of carbonyl (C=O) groups is 6. The van der Waals surface area contributed by atoms with Crippen molar-refractivity contribution < 1.29 is 33.9 Å². The van der Waals surface area contributed by atoms with E-state index in [-0.39, 0.29) is 25.2 Å². The van der Waals surface area contributed by atoms with Gasteiger partial charge in [0.05, 0.1) is 18.8 Å². The fourth-order valence-electron chi connectivity index (χ4n) is 2.90. The summed E-state index contributed by atoms with van der Waals surface area (Å²) >= 11 is 0. The number of primary amides is 2. The smallest absolute Gasteiger partial charge is 0.326 e. The average Bonchev–Trinajstić information content (AvgIpc) is 3.27. The zero-order valence-electron chi connectivity index (χ0n) is 19.4. The monoisotopic (exact) mass is 496 g/mol. The third kappa shape index (κ3) is 10.2. The molecule has 5 amide bonds. The number of nitrogens with one attached hydrogen (secondary N) is 4.